The second-order valence-corrected chi connectivity index (χ2v) is 3.30. The van der Waals surface area contributed by atoms with E-state index in [2.05, 4.69) is 17.4 Å². The summed E-state index contributed by atoms with van der Waals surface area (Å²) >= 11 is 0. The normalized spacial score (nSPS) is 9.69. The molecule has 1 heterocycles. The third kappa shape index (κ3) is 1.98. The van der Waals surface area contributed by atoms with Gasteiger partial charge in [0.05, 0.1) is 17.8 Å². The first kappa shape index (κ1) is 10.1. The number of imidazole rings is 1. The van der Waals surface area contributed by atoms with E-state index in [4.69, 9.17) is 5.26 Å². The number of nitriles is 1. The molecule has 1 radical (unpaired) electrons. The van der Waals surface area contributed by atoms with Crippen molar-refractivity contribution in [1.82, 2.24) is 9.55 Å². The van der Waals surface area contributed by atoms with Gasteiger partial charge in [-0.3, -0.25) is 4.79 Å². The molecule has 77 valence electrons. The van der Waals surface area contributed by atoms with E-state index in [9.17, 15) is 4.79 Å². The monoisotopic (exact) mass is 210 g/mol. The standard InChI is InChI=1S/C12H8N3O/c13-5-10-1-3-11(4-2-10)7-15-9-14-6-12(15)8-16/h1-4,6,8H,7H2. The van der Waals surface area contributed by atoms with E-state index >= 15 is 0 Å². The Morgan fingerprint density at radius 1 is 1.44 bits per heavy atom. The van der Waals surface area contributed by atoms with Crippen molar-refractivity contribution in [2.75, 3.05) is 0 Å². The van der Waals surface area contributed by atoms with Gasteiger partial charge in [-0.2, -0.15) is 5.26 Å². The average molecular weight is 210 g/mol. The summed E-state index contributed by atoms with van der Waals surface area (Å²) in [5, 5.41) is 8.65. The Hall–Kier alpha value is -2.41. The zero-order chi connectivity index (χ0) is 11.4. The summed E-state index contributed by atoms with van der Waals surface area (Å²) in [5.74, 6) is 0. The van der Waals surface area contributed by atoms with Crippen molar-refractivity contribution in [2.24, 2.45) is 0 Å². The predicted molar refractivity (Wildman–Crippen MR) is 56.7 cm³/mol. The van der Waals surface area contributed by atoms with Crippen molar-refractivity contribution in [3.63, 3.8) is 0 Å². The van der Waals surface area contributed by atoms with Crippen LogP contribution in [-0.2, 0) is 6.54 Å². The molecule has 0 aliphatic rings. The molecule has 4 heteroatoms. The average Bonchev–Trinajstić information content (AvgIpc) is 2.77. The summed E-state index contributed by atoms with van der Waals surface area (Å²) in [6.45, 7) is 0.528. The van der Waals surface area contributed by atoms with Gasteiger partial charge in [-0.1, -0.05) is 12.1 Å². The lowest BCUT2D eigenvalue weighted by Gasteiger charge is -2.03. The van der Waals surface area contributed by atoms with Crippen LogP contribution in [0.3, 0.4) is 0 Å². The van der Waals surface area contributed by atoms with Crippen LogP contribution in [0.25, 0.3) is 0 Å². The Morgan fingerprint density at radius 3 is 2.81 bits per heavy atom. The largest absolute Gasteiger partial charge is 0.315 e. The SMILES string of the molecule is N#Cc1ccc(Cn2[c]ncc2C=O)cc1. The van der Waals surface area contributed by atoms with Crippen LogP contribution >= 0.6 is 0 Å². The van der Waals surface area contributed by atoms with Crippen LogP contribution in [0.1, 0.15) is 21.6 Å². The molecule has 16 heavy (non-hydrogen) atoms. The number of hydrogen-bond donors (Lipinski definition) is 0. The van der Waals surface area contributed by atoms with Gasteiger partial charge >= 0.3 is 0 Å². The first-order valence-electron chi connectivity index (χ1n) is 4.71. The zero-order valence-electron chi connectivity index (χ0n) is 8.42. The molecule has 0 fully saturated rings. The number of rotatable bonds is 3. The van der Waals surface area contributed by atoms with Gasteiger partial charge in [0.1, 0.15) is 5.69 Å². The molecular weight excluding hydrogens is 202 g/mol. The molecule has 0 aliphatic heterocycles. The number of aromatic nitrogens is 2. The van der Waals surface area contributed by atoms with Crippen molar-refractivity contribution in [3.8, 4) is 6.07 Å². The minimum Gasteiger partial charge on any atom is -0.315 e. The van der Waals surface area contributed by atoms with E-state index in [0.29, 0.717) is 17.8 Å². The first-order chi connectivity index (χ1) is 7.83. The Bertz CT molecular complexity index is 534. The molecule has 0 aliphatic carbocycles. The van der Waals surface area contributed by atoms with Gasteiger partial charge < -0.3 is 4.57 Å². The molecule has 2 rings (SSSR count). The van der Waals surface area contributed by atoms with Crippen molar-refractivity contribution < 1.29 is 4.79 Å². The van der Waals surface area contributed by atoms with Crippen LogP contribution < -0.4 is 0 Å². The molecule has 0 saturated carbocycles. The summed E-state index contributed by atoms with van der Waals surface area (Å²) in [5.41, 5.74) is 2.11. The summed E-state index contributed by atoms with van der Waals surface area (Å²) in [7, 11) is 0. The van der Waals surface area contributed by atoms with Crippen molar-refractivity contribution in [3.05, 3.63) is 53.6 Å². The summed E-state index contributed by atoms with van der Waals surface area (Å²) in [6, 6.07) is 9.23. The number of carbonyl (C=O) groups is 1. The fraction of sp³-hybridized carbons (Fsp3) is 0.0833. The maximum absolute atomic E-state index is 10.7. The zero-order valence-corrected chi connectivity index (χ0v) is 8.42. The second-order valence-electron chi connectivity index (χ2n) is 3.30. The molecule has 2 aromatic rings. The summed E-state index contributed by atoms with van der Waals surface area (Å²) in [6.07, 6.45) is 4.92. The number of nitrogens with zero attached hydrogens (tertiary/aromatic N) is 3. The van der Waals surface area contributed by atoms with Crippen LogP contribution in [0.15, 0.2) is 30.5 Å². The van der Waals surface area contributed by atoms with Crippen LogP contribution in [0.4, 0.5) is 0 Å². The lowest BCUT2D eigenvalue weighted by molar-refractivity contribution is 0.111. The number of hydrogen-bond acceptors (Lipinski definition) is 3. The van der Waals surface area contributed by atoms with Gasteiger partial charge in [0.2, 0.25) is 0 Å². The molecule has 0 spiro atoms. The maximum atomic E-state index is 10.7. The van der Waals surface area contributed by atoms with Crippen LogP contribution in [0.5, 0.6) is 0 Å². The quantitative estimate of drug-likeness (QED) is 0.720. The van der Waals surface area contributed by atoms with Crippen molar-refractivity contribution >= 4 is 6.29 Å². The minimum atomic E-state index is 0.490. The highest BCUT2D eigenvalue weighted by Gasteiger charge is 2.02. The van der Waals surface area contributed by atoms with E-state index in [1.165, 1.54) is 6.20 Å². The van der Waals surface area contributed by atoms with Gasteiger partial charge in [0, 0.05) is 6.54 Å². The molecule has 0 amide bonds. The summed E-state index contributed by atoms with van der Waals surface area (Å²) < 4.78 is 1.63. The molecule has 0 atom stereocenters. The van der Waals surface area contributed by atoms with E-state index < -0.39 is 0 Å². The van der Waals surface area contributed by atoms with Crippen LogP contribution in [0.2, 0.25) is 0 Å². The molecule has 0 bridgehead atoms. The van der Waals surface area contributed by atoms with E-state index in [1.807, 2.05) is 12.1 Å². The number of aldehydes is 1. The molecule has 0 N–H and O–H groups in total. The summed E-state index contributed by atoms with van der Waals surface area (Å²) in [4.78, 5) is 14.4. The highest BCUT2D eigenvalue weighted by molar-refractivity contribution is 5.71. The Labute approximate surface area is 92.8 Å². The topological polar surface area (TPSA) is 58.7 Å². The smallest absolute Gasteiger partial charge is 0.177 e. The molecule has 4 nitrogen and oxygen atoms in total. The lowest BCUT2D eigenvalue weighted by Crippen LogP contribution is -2.02. The fourth-order valence-corrected chi connectivity index (χ4v) is 1.38. The maximum Gasteiger partial charge on any atom is 0.177 e. The second kappa shape index (κ2) is 4.41. The molecule has 0 unspecified atom stereocenters. The van der Waals surface area contributed by atoms with Gasteiger partial charge in [0.15, 0.2) is 12.6 Å². The molecular formula is C12H8N3O. The fourth-order valence-electron chi connectivity index (χ4n) is 1.38. The Kier molecular flexibility index (Phi) is 2.79. The van der Waals surface area contributed by atoms with Crippen molar-refractivity contribution in [1.29, 1.82) is 5.26 Å². The minimum absolute atomic E-state index is 0.490. The van der Waals surface area contributed by atoms with Crippen molar-refractivity contribution in [2.45, 2.75) is 6.54 Å². The van der Waals surface area contributed by atoms with E-state index in [-0.39, 0.29) is 0 Å². The van der Waals surface area contributed by atoms with Gasteiger partial charge in [-0.05, 0) is 17.7 Å². The number of benzene rings is 1. The Balaban J connectivity index is 2.21. The lowest BCUT2D eigenvalue weighted by atomic mass is 10.1. The molecule has 1 aromatic heterocycles. The van der Waals surface area contributed by atoms with Gasteiger partial charge in [-0.25, -0.2) is 4.98 Å². The third-order valence-electron chi connectivity index (χ3n) is 2.23. The first-order valence-corrected chi connectivity index (χ1v) is 4.71. The highest BCUT2D eigenvalue weighted by Crippen LogP contribution is 2.06. The molecule has 0 saturated heterocycles. The van der Waals surface area contributed by atoms with Gasteiger partial charge in [-0.15, -0.1) is 0 Å². The van der Waals surface area contributed by atoms with Crippen LogP contribution in [-0.4, -0.2) is 15.8 Å². The van der Waals surface area contributed by atoms with E-state index in [0.717, 1.165) is 11.8 Å². The van der Waals surface area contributed by atoms with Crippen LogP contribution in [0, 0.1) is 17.7 Å². The van der Waals surface area contributed by atoms with E-state index in [1.54, 1.807) is 16.7 Å². The molecule has 1 aromatic carbocycles. The predicted octanol–water partition coefficient (Wildman–Crippen LogP) is 1.42. The van der Waals surface area contributed by atoms with Gasteiger partial charge in [0.25, 0.3) is 0 Å². The Morgan fingerprint density at radius 2 is 2.19 bits per heavy atom. The third-order valence-corrected chi connectivity index (χ3v) is 2.23. The highest BCUT2D eigenvalue weighted by atomic mass is 16.1. The number of carbonyl (C=O) groups excluding carboxylic acids is 1.